The number of rotatable bonds is 6. The van der Waals surface area contributed by atoms with E-state index in [1.165, 1.54) is 23.9 Å². The summed E-state index contributed by atoms with van der Waals surface area (Å²) in [5, 5.41) is 5.73. The van der Waals surface area contributed by atoms with Crippen molar-refractivity contribution in [2.24, 2.45) is 0 Å². The molecule has 1 saturated heterocycles. The Morgan fingerprint density at radius 1 is 1.03 bits per heavy atom. The summed E-state index contributed by atoms with van der Waals surface area (Å²) in [4.78, 5) is 30.0. The molecule has 34 heavy (non-hydrogen) atoms. The van der Waals surface area contributed by atoms with Crippen molar-refractivity contribution in [1.29, 1.82) is 0 Å². The summed E-state index contributed by atoms with van der Waals surface area (Å²) in [7, 11) is 2.95. The molecule has 2 amide bonds. The van der Waals surface area contributed by atoms with Crippen molar-refractivity contribution in [2.75, 3.05) is 51.8 Å². The lowest BCUT2D eigenvalue weighted by atomic mass is 9.95. The van der Waals surface area contributed by atoms with Crippen LogP contribution in [-0.2, 0) is 9.53 Å². The van der Waals surface area contributed by atoms with Gasteiger partial charge in [0.15, 0.2) is 0 Å². The highest BCUT2D eigenvalue weighted by atomic mass is 16.5. The maximum absolute atomic E-state index is 12.8. The minimum absolute atomic E-state index is 0.336. The van der Waals surface area contributed by atoms with Crippen molar-refractivity contribution in [1.82, 2.24) is 15.5 Å². The number of benzene rings is 2. The van der Waals surface area contributed by atoms with E-state index in [9.17, 15) is 9.59 Å². The minimum atomic E-state index is -0.599. The highest BCUT2D eigenvalue weighted by molar-refractivity contribution is 5.95. The largest absolute Gasteiger partial charge is 0.497 e. The number of hydrogen-bond acceptors (Lipinski definition) is 6. The number of hydrogen-bond donors (Lipinski definition) is 2. The lowest BCUT2D eigenvalue weighted by Gasteiger charge is -2.38. The molecule has 180 valence electrons. The maximum Gasteiger partial charge on any atom is 0.338 e. The smallest absolute Gasteiger partial charge is 0.338 e. The van der Waals surface area contributed by atoms with Crippen LogP contribution >= 0.6 is 0 Å². The third-order valence-corrected chi connectivity index (χ3v) is 6.47. The van der Waals surface area contributed by atoms with Gasteiger partial charge in [-0.15, -0.1) is 0 Å². The van der Waals surface area contributed by atoms with Crippen molar-refractivity contribution >= 4 is 17.7 Å². The van der Waals surface area contributed by atoms with Gasteiger partial charge in [0.25, 0.3) is 0 Å². The molecule has 0 spiro atoms. The molecule has 1 atom stereocenters. The molecular formula is C26H32N4O4. The Balaban J connectivity index is 1.54. The summed E-state index contributed by atoms with van der Waals surface area (Å²) in [6.45, 7) is 8.10. The van der Waals surface area contributed by atoms with E-state index in [-0.39, 0.29) is 6.03 Å². The third kappa shape index (κ3) is 5.02. The fourth-order valence-electron chi connectivity index (χ4n) is 4.57. The summed E-state index contributed by atoms with van der Waals surface area (Å²) in [5.41, 5.74) is 5.57. The summed E-state index contributed by atoms with van der Waals surface area (Å²) >= 11 is 0. The standard InChI is InChI=1S/C26H32N4O4/c1-17-5-6-18(2)22(15-17)30-13-11-29(12-14-30)16-21-23(25(31)34-4)24(28-26(32)27-21)19-7-9-20(33-3)10-8-19/h5-10,15,24H,11-14,16H2,1-4H3,(H2,27,28,32)/t24-/m1/s1. The molecule has 8 nitrogen and oxygen atoms in total. The molecular weight excluding hydrogens is 432 g/mol. The Labute approximate surface area is 200 Å². The average molecular weight is 465 g/mol. The van der Waals surface area contributed by atoms with Crippen LogP contribution in [-0.4, -0.2) is 63.8 Å². The monoisotopic (exact) mass is 464 g/mol. The number of nitrogens with one attached hydrogen (secondary N) is 2. The first-order valence-electron chi connectivity index (χ1n) is 11.5. The van der Waals surface area contributed by atoms with Gasteiger partial charge in [-0.25, -0.2) is 9.59 Å². The Morgan fingerprint density at radius 2 is 1.74 bits per heavy atom. The molecule has 2 aliphatic rings. The zero-order valence-electron chi connectivity index (χ0n) is 20.2. The molecule has 0 aromatic heterocycles. The second kappa shape index (κ2) is 10.2. The van der Waals surface area contributed by atoms with Crippen LogP contribution in [0.25, 0.3) is 0 Å². The number of urea groups is 1. The predicted molar refractivity (Wildman–Crippen MR) is 131 cm³/mol. The first-order valence-corrected chi connectivity index (χ1v) is 11.5. The summed E-state index contributed by atoms with van der Waals surface area (Å²) in [5.74, 6) is 0.242. The molecule has 2 heterocycles. The minimum Gasteiger partial charge on any atom is -0.497 e. The van der Waals surface area contributed by atoms with Gasteiger partial charge in [-0.1, -0.05) is 24.3 Å². The van der Waals surface area contributed by atoms with Crippen LogP contribution in [0, 0.1) is 13.8 Å². The second-order valence-electron chi connectivity index (χ2n) is 8.74. The van der Waals surface area contributed by atoms with Crippen molar-refractivity contribution in [3.63, 3.8) is 0 Å². The molecule has 2 N–H and O–H groups in total. The number of amides is 2. The fourth-order valence-corrected chi connectivity index (χ4v) is 4.57. The molecule has 0 aliphatic carbocycles. The maximum atomic E-state index is 12.8. The Hall–Kier alpha value is -3.52. The highest BCUT2D eigenvalue weighted by Crippen LogP contribution is 2.30. The van der Waals surface area contributed by atoms with Crippen molar-refractivity contribution in [3.05, 3.63) is 70.4 Å². The number of esters is 1. The van der Waals surface area contributed by atoms with Crippen LogP contribution in [0.4, 0.5) is 10.5 Å². The van der Waals surface area contributed by atoms with E-state index < -0.39 is 12.0 Å². The fraction of sp³-hybridized carbons (Fsp3) is 0.385. The van der Waals surface area contributed by atoms with Gasteiger partial charge in [0.2, 0.25) is 0 Å². The summed E-state index contributed by atoms with van der Waals surface area (Å²) in [6.07, 6.45) is 0. The van der Waals surface area contributed by atoms with E-state index in [1.54, 1.807) is 7.11 Å². The van der Waals surface area contributed by atoms with E-state index in [4.69, 9.17) is 9.47 Å². The van der Waals surface area contributed by atoms with E-state index in [2.05, 4.69) is 52.5 Å². The van der Waals surface area contributed by atoms with Gasteiger partial charge in [-0.2, -0.15) is 0 Å². The Morgan fingerprint density at radius 3 is 2.38 bits per heavy atom. The normalized spacial score (nSPS) is 18.9. The number of carbonyl (C=O) groups excluding carboxylic acids is 2. The number of ether oxygens (including phenoxy) is 2. The zero-order chi connectivity index (χ0) is 24.2. The van der Waals surface area contributed by atoms with Crippen molar-refractivity contribution in [3.8, 4) is 5.75 Å². The first-order chi connectivity index (χ1) is 16.4. The van der Waals surface area contributed by atoms with E-state index in [0.717, 1.165) is 31.7 Å². The summed E-state index contributed by atoms with van der Waals surface area (Å²) < 4.78 is 10.3. The number of methoxy groups -OCH3 is 2. The molecule has 2 aliphatic heterocycles. The van der Waals surface area contributed by atoms with Gasteiger partial charge >= 0.3 is 12.0 Å². The van der Waals surface area contributed by atoms with E-state index in [1.807, 2.05) is 24.3 Å². The SMILES string of the molecule is COC(=O)C1=C(CN2CCN(c3cc(C)ccc3C)CC2)NC(=O)N[C@@H]1c1ccc(OC)cc1. The van der Waals surface area contributed by atoms with Gasteiger partial charge in [-0.3, -0.25) is 4.90 Å². The number of aryl methyl sites for hydroxylation is 2. The van der Waals surface area contributed by atoms with Gasteiger partial charge in [0.1, 0.15) is 5.75 Å². The molecule has 8 heteroatoms. The molecule has 0 bridgehead atoms. The van der Waals surface area contributed by atoms with Gasteiger partial charge in [-0.05, 0) is 48.7 Å². The van der Waals surface area contributed by atoms with E-state index in [0.29, 0.717) is 23.6 Å². The molecule has 0 unspecified atom stereocenters. The number of carbonyl (C=O) groups is 2. The van der Waals surface area contributed by atoms with Crippen molar-refractivity contribution in [2.45, 2.75) is 19.9 Å². The zero-order valence-corrected chi connectivity index (χ0v) is 20.2. The topological polar surface area (TPSA) is 83.1 Å². The molecule has 2 aromatic rings. The van der Waals surface area contributed by atoms with E-state index >= 15 is 0 Å². The Kier molecular flexibility index (Phi) is 7.07. The number of nitrogens with zero attached hydrogens (tertiary/aromatic N) is 2. The van der Waals surface area contributed by atoms with Gasteiger partial charge < -0.3 is 25.0 Å². The van der Waals surface area contributed by atoms with Crippen LogP contribution in [0.15, 0.2) is 53.7 Å². The average Bonchev–Trinajstić information content (AvgIpc) is 2.85. The molecule has 4 rings (SSSR count). The van der Waals surface area contributed by atoms with Crippen LogP contribution in [0.1, 0.15) is 22.7 Å². The van der Waals surface area contributed by atoms with Crippen LogP contribution in [0.3, 0.4) is 0 Å². The number of anilines is 1. The third-order valence-electron chi connectivity index (χ3n) is 6.47. The van der Waals surface area contributed by atoms with Gasteiger partial charge in [0.05, 0.1) is 25.8 Å². The lowest BCUT2D eigenvalue weighted by Crippen LogP contribution is -2.51. The quantitative estimate of drug-likeness (QED) is 0.640. The first kappa shape index (κ1) is 23.6. The van der Waals surface area contributed by atoms with Crippen LogP contribution in [0.5, 0.6) is 5.75 Å². The molecule has 2 aromatic carbocycles. The molecule has 0 saturated carbocycles. The number of piperazine rings is 1. The van der Waals surface area contributed by atoms with Gasteiger partial charge in [0, 0.05) is 44.1 Å². The lowest BCUT2D eigenvalue weighted by molar-refractivity contribution is -0.136. The highest BCUT2D eigenvalue weighted by Gasteiger charge is 2.34. The van der Waals surface area contributed by atoms with Crippen LogP contribution in [0.2, 0.25) is 0 Å². The Bertz CT molecular complexity index is 1090. The molecule has 1 fully saturated rings. The second-order valence-corrected chi connectivity index (χ2v) is 8.74. The predicted octanol–water partition coefficient (Wildman–Crippen LogP) is 2.92. The molecule has 0 radical (unpaired) electrons. The van der Waals surface area contributed by atoms with Crippen LogP contribution < -0.4 is 20.3 Å². The summed E-state index contributed by atoms with van der Waals surface area (Å²) in [6, 6.07) is 12.9. The van der Waals surface area contributed by atoms with Crippen molar-refractivity contribution < 1.29 is 19.1 Å².